The van der Waals surface area contributed by atoms with Gasteiger partial charge in [0.1, 0.15) is 6.33 Å². The maximum atomic E-state index is 12.6. The number of rotatable bonds is 4. The van der Waals surface area contributed by atoms with Crippen LogP contribution >= 0.6 is 11.6 Å². The third kappa shape index (κ3) is 6.24. The molecule has 3 aromatic heterocycles. The summed E-state index contributed by atoms with van der Waals surface area (Å²) in [4.78, 5) is 26.8. The second-order valence-corrected chi connectivity index (χ2v) is 11.2. The number of nitrogens with zero attached hydrogens (tertiary/aromatic N) is 4. The zero-order chi connectivity index (χ0) is 30.9. The van der Waals surface area contributed by atoms with Crippen LogP contribution in [0, 0.1) is 13.8 Å². The molecule has 0 radical (unpaired) electrons. The number of aryl methyl sites for hydroxylation is 1. The van der Waals surface area contributed by atoms with Crippen LogP contribution in [-0.4, -0.2) is 61.2 Å². The van der Waals surface area contributed by atoms with Crippen LogP contribution in [0.4, 0.5) is 18.0 Å². The Morgan fingerprint density at radius 3 is 2.36 bits per heavy atom. The minimum Gasteiger partial charge on any atom is -0.464 e. The zero-order valence-electron chi connectivity index (χ0n) is 23.9. The lowest BCUT2D eigenvalue weighted by Crippen LogP contribution is -2.27. The Balaban J connectivity index is 0.000000349. The molecule has 4 aromatic rings. The number of piperidine rings is 1. The fraction of sp³-hybridized carbons (Fsp3) is 0.448. The number of hydrogen-bond acceptors (Lipinski definition) is 6. The molecule has 1 aliphatic rings. The van der Waals surface area contributed by atoms with Gasteiger partial charge in [-0.3, -0.25) is 0 Å². The molecule has 1 aromatic carbocycles. The number of hydrogen-bond donors (Lipinski definition) is 2. The highest BCUT2D eigenvalue weighted by atomic mass is 35.5. The first-order chi connectivity index (χ1) is 19.7. The van der Waals surface area contributed by atoms with E-state index in [2.05, 4.69) is 46.1 Å². The summed E-state index contributed by atoms with van der Waals surface area (Å²) < 4.78 is 40.6. The van der Waals surface area contributed by atoms with Gasteiger partial charge in [-0.15, -0.1) is 0 Å². The van der Waals surface area contributed by atoms with Gasteiger partial charge >= 0.3 is 18.2 Å². The summed E-state index contributed by atoms with van der Waals surface area (Å²) in [5.74, 6) is -1.61. The van der Waals surface area contributed by atoms with Crippen LogP contribution in [0.15, 0.2) is 30.7 Å². The average molecular weight is 608 g/mol. The minimum absolute atomic E-state index is 0.155. The van der Waals surface area contributed by atoms with Crippen LogP contribution in [0.5, 0.6) is 0 Å². The molecule has 4 heterocycles. The molecule has 13 heteroatoms. The van der Waals surface area contributed by atoms with Gasteiger partial charge in [0.05, 0.1) is 11.2 Å². The summed E-state index contributed by atoms with van der Waals surface area (Å²) in [6, 6.07) is 6.34. The summed E-state index contributed by atoms with van der Waals surface area (Å²) >= 11 is 4.94. The van der Waals surface area contributed by atoms with Crippen LogP contribution in [0.25, 0.3) is 27.8 Å². The number of ether oxygens (including phenoxy) is 1. The third-order valence-corrected chi connectivity index (χ3v) is 7.58. The lowest BCUT2D eigenvalue weighted by atomic mass is 9.88. The molecule has 0 amide bonds. The highest BCUT2D eigenvalue weighted by Gasteiger charge is 2.41. The van der Waals surface area contributed by atoms with Crippen LogP contribution in [0.3, 0.4) is 0 Å². The Hall–Kier alpha value is -3.64. The highest BCUT2D eigenvalue weighted by molar-refractivity contribution is 6.20. The predicted octanol–water partition coefficient (Wildman–Crippen LogP) is 6.76. The molecule has 226 valence electrons. The second kappa shape index (κ2) is 12.3. The van der Waals surface area contributed by atoms with E-state index in [4.69, 9.17) is 11.6 Å². The summed E-state index contributed by atoms with van der Waals surface area (Å²) in [7, 11) is 0. The lowest BCUT2D eigenvalue weighted by Gasteiger charge is -2.23. The van der Waals surface area contributed by atoms with Crippen LogP contribution in [0.1, 0.15) is 67.7 Å². The smallest absolute Gasteiger partial charge is 0.464 e. The topological polar surface area (TPSA) is 111 Å². The van der Waals surface area contributed by atoms with Gasteiger partial charge in [0.2, 0.25) is 0 Å². The number of carbonyl (C=O) groups excluding carboxylic acids is 1. The second-order valence-electron chi connectivity index (χ2n) is 10.6. The number of halogens is 4. The highest BCUT2D eigenvalue weighted by Crippen LogP contribution is 2.42. The molecule has 0 spiro atoms. The molecule has 1 fully saturated rings. The van der Waals surface area contributed by atoms with Crippen molar-refractivity contribution in [3.8, 4) is 11.3 Å². The summed E-state index contributed by atoms with van der Waals surface area (Å²) in [5, 5.41) is 19.1. The largest absolute Gasteiger partial charge is 0.490 e. The zero-order valence-corrected chi connectivity index (χ0v) is 24.7. The lowest BCUT2D eigenvalue weighted by molar-refractivity contribution is -0.200. The normalized spacial score (nSPS) is 15.1. The van der Waals surface area contributed by atoms with E-state index >= 15 is 0 Å². The van der Waals surface area contributed by atoms with Crippen molar-refractivity contribution >= 4 is 40.2 Å². The van der Waals surface area contributed by atoms with Crippen molar-refractivity contribution in [2.24, 2.45) is 0 Å². The quantitative estimate of drug-likeness (QED) is 0.195. The van der Waals surface area contributed by atoms with Gasteiger partial charge in [-0.1, -0.05) is 31.5 Å². The Labute approximate surface area is 245 Å². The molecule has 1 unspecified atom stereocenters. The van der Waals surface area contributed by atoms with Gasteiger partial charge < -0.3 is 15.2 Å². The van der Waals surface area contributed by atoms with Crippen molar-refractivity contribution in [1.82, 2.24) is 24.5 Å². The number of esters is 1. The van der Waals surface area contributed by atoms with Crippen molar-refractivity contribution in [3.63, 3.8) is 0 Å². The molecule has 0 bridgehead atoms. The molecular weight excluding hydrogens is 575 g/mol. The molecular formula is C29H33ClF3N5O4. The van der Waals surface area contributed by atoms with E-state index in [1.165, 1.54) is 16.5 Å². The van der Waals surface area contributed by atoms with Gasteiger partial charge in [-0.05, 0) is 92.9 Å². The van der Waals surface area contributed by atoms with Gasteiger partial charge in [0.25, 0.3) is 0 Å². The number of pyridine rings is 1. The molecule has 5 rings (SSSR count). The molecule has 9 nitrogen and oxygen atoms in total. The molecule has 0 saturated carbocycles. The first-order valence-corrected chi connectivity index (χ1v) is 14.0. The number of benzene rings is 1. The summed E-state index contributed by atoms with van der Waals surface area (Å²) in [6.07, 6.45) is -0.261. The van der Waals surface area contributed by atoms with E-state index < -0.39 is 23.8 Å². The SMILES string of the molecule is CC(Cl)OC(=O)C(F)(F)F.Cc1c(-c2c(C(C)C)c3cc(C4CCNCC4)ccc3n2C(=O)O)cn2ncnc2c1C. The van der Waals surface area contributed by atoms with Gasteiger partial charge in [0, 0.05) is 17.1 Å². The Kier molecular flexibility index (Phi) is 9.17. The van der Waals surface area contributed by atoms with Crippen LogP contribution in [-0.2, 0) is 9.53 Å². The molecule has 2 N–H and O–H groups in total. The number of alkyl halides is 4. The minimum atomic E-state index is -4.96. The Morgan fingerprint density at radius 1 is 1.14 bits per heavy atom. The number of carboxylic acid groups (broad SMARTS) is 1. The Morgan fingerprint density at radius 2 is 1.81 bits per heavy atom. The maximum Gasteiger partial charge on any atom is 0.490 e. The summed E-state index contributed by atoms with van der Waals surface area (Å²) in [6.45, 7) is 11.5. The van der Waals surface area contributed by atoms with E-state index in [9.17, 15) is 27.9 Å². The molecule has 1 saturated heterocycles. The van der Waals surface area contributed by atoms with Crippen molar-refractivity contribution in [3.05, 3.63) is 53.0 Å². The van der Waals surface area contributed by atoms with Gasteiger partial charge in [-0.25, -0.2) is 23.7 Å². The standard InChI is InChI=1S/C25H29N5O2.C4H4ClF3O2/c1-14(2)22-19-11-18(17-7-9-26-10-8-17)5-6-21(19)30(25(31)32)23(22)20-12-29-24(27-13-28-29)16(4)15(20)3;1-2(5)10-3(9)4(6,7)8/h5-6,11-14,17,26H,7-10H2,1-4H3,(H,31,32);2H,1H3. The summed E-state index contributed by atoms with van der Waals surface area (Å²) in [5.41, 5.74) is 6.30. The van der Waals surface area contributed by atoms with Crippen LogP contribution < -0.4 is 5.32 Å². The first kappa shape index (κ1) is 31.3. The van der Waals surface area contributed by atoms with E-state index in [1.807, 2.05) is 26.1 Å². The van der Waals surface area contributed by atoms with E-state index in [0.29, 0.717) is 5.92 Å². The molecule has 42 heavy (non-hydrogen) atoms. The molecule has 0 aliphatic carbocycles. The Bertz CT molecular complexity index is 1620. The number of nitrogens with one attached hydrogen (secondary N) is 1. The van der Waals surface area contributed by atoms with Crippen molar-refractivity contribution in [2.45, 2.75) is 71.0 Å². The van der Waals surface area contributed by atoms with E-state index in [-0.39, 0.29) is 5.92 Å². The van der Waals surface area contributed by atoms with Gasteiger partial charge in [0.15, 0.2) is 11.2 Å². The number of fused-ring (bicyclic) bond motifs is 2. The fourth-order valence-electron chi connectivity index (χ4n) is 5.45. The fourth-order valence-corrected chi connectivity index (χ4v) is 5.53. The molecule has 1 atom stereocenters. The van der Waals surface area contributed by atoms with Gasteiger partial charge in [-0.2, -0.15) is 18.3 Å². The van der Waals surface area contributed by atoms with E-state index in [1.54, 1.807) is 4.52 Å². The first-order valence-electron chi connectivity index (χ1n) is 13.6. The molecule has 1 aliphatic heterocycles. The van der Waals surface area contributed by atoms with Crippen LogP contribution in [0.2, 0.25) is 0 Å². The monoisotopic (exact) mass is 607 g/mol. The van der Waals surface area contributed by atoms with Crippen molar-refractivity contribution in [1.29, 1.82) is 0 Å². The van der Waals surface area contributed by atoms with E-state index in [0.717, 1.165) is 77.4 Å². The maximum absolute atomic E-state index is 12.6. The predicted molar refractivity (Wildman–Crippen MR) is 153 cm³/mol. The third-order valence-electron chi connectivity index (χ3n) is 7.49. The van der Waals surface area contributed by atoms with Crippen molar-refractivity contribution in [2.75, 3.05) is 13.1 Å². The average Bonchev–Trinajstić information content (AvgIpc) is 3.53. The number of carbonyl (C=O) groups is 2. The number of aromatic nitrogens is 4. The van der Waals surface area contributed by atoms with Crippen molar-refractivity contribution < 1.29 is 32.6 Å².